The van der Waals surface area contributed by atoms with Crippen LogP contribution < -0.4 is 18.9 Å². The zero-order valence-corrected chi connectivity index (χ0v) is 49.1. The van der Waals surface area contributed by atoms with E-state index in [1.807, 2.05) is 78.9 Å². The Balaban J connectivity index is 0.933. The van der Waals surface area contributed by atoms with E-state index in [0.717, 1.165) is 16.7 Å². The average molecular weight is 1200 g/mol. The molecule has 0 radical (unpaired) electrons. The molecular weight excluding hydrogens is 1130 g/mol. The van der Waals surface area contributed by atoms with Crippen LogP contribution in [0, 0.1) is 23.7 Å². The zero-order chi connectivity index (χ0) is 61.8. The van der Waals surface area contributed by atoms with Gasteiger partial charge in [0.25, 0.3) is 0 Å². The molecule has 0 unspecified atom stereocenters. The summed E-state index contributed by atoms with van der Waals surface area (Å²) < 4.78 is 65.7. The van der Waals surface area contributed by atoms with Crippen molar-refractivity contribution in [3.8, 4) is 46.7 Å². The Hall–Kier alpha value is -9.88. The van der Waals surface area contributed by atoms with Gasteiger partial charge in [0.15, 0.2) is 24.1 Å². The Morgan fingerprint density at radius 3 is 1.24 bits per heavy atom. The van der Waals surface area contributed by atoms with Gasteiger partial charge in [0, 0.05) is 41.7 Å². The van der Waals surface area contributed by atoms with E-state index in [1.54, 1.807) is 111 Å². The molecule has 1 N–H and O–H groups in total. The highest BCUT2D eigenvalue weighted by Crippen LogP contribution is 2.43. The predicted molar refractivity (Wildman–Crippen MR) is 328 cm³/mol. The normalized spacial score (nSPS) is 13.3. The fourth-order valence-corrected chi connectivity index (χ4v) is 9.95. The van der Waals surface area contributed by atoms with Crippen LogP contribution in [-0.4, -0.2) is 96.1 Å². The van der Waals surface area contributed by atoms with E-state index in [-0.39, 0.29) is 84.1 Å². The van der Waals surface area contributed by atoms with Crippen molar-refractivity contribution in [3.63, 3.8) is 0 Å². The summed E-state index contributed by atoms with van der Waals surface area (Å²) in [5.74, 6) is 10.8. The van der Waals surface area contributed by atoms with Gasteiger partial charge in [-0.2, -0.15) is 0 Å². The number of esters is 4. The van der Waals surface area contributed by atoms with Gasteiger partial charge in [0.2, 0.25) is 0 Å². The summed E-state index contributed by atoms with van der Waals surface area (Å²) in [6.45, 7) is 1.18. The van der Waals surface area contributed by atoms with E-state index in [9.17, 15) is 24.3 Å². The van der Waals surface area contributed by atoms with Crippen molar-refractivity contribution >= 4 is 23.9 Å². The molecule has 10 rings (SSSR count). The summed E-state index contributed by atoms with van der Waals surface area (Å²) in [6, 6.07) is 55.4. The molecule has 0 bridgehead atoms. The molecule has 0 amide bonds. The summed E-state index contributed by atoms with van der Waals surface area (Å²) in [6.07, 6.45) is -0.276. The Morgan fingerprint density at radius 2 is 0.831 bits per heavy atom. The van der Waals surface area contributed by atoms with E-state index in [0.29, 0.717) is 73.0 Å². The highest BCUT2D eigenvalue weighted by Gasteiger charge is 2.38. The number of carbonyl (C=O) groups excluding carboxylic acids is 4. The van der Waals surface area contributed by atoms with Gasteiger partial charge < -0.3 is 57.2 Å². The molecule has 8 aromatic rings. The first-order valence-electron chi connectivity index (χ1n) is 29.1. The molecule has 8 aromatic carbocycles. The van der Waals surface area contributed by atoms with Crippen molar-refractivity contribution in [3.05, 3.63) is 260 Å². The first-order valence-corrected chi connectivity index (χ1v) is 29.1. The number of methoxy groups -OCH3 is 2. The van der Waals surface area contributed by atoms with Gasteiger partial charge in [-0.05, 0) is 127 Å². The van der Waals surface area contributed by atoms with Gasteiger partial charge in [0.1, 0.15) is 28.2 Å². The molecule has 0 atom stereocenters. The minimum Gasteiger partial charge on any atom is -0.497 e. The number of carbonyl (C=O) groups is 4. The highest BCUT2D eigenvalue weighted by molar-refractivity contribution is 5.98. The average Bonchev–Trinajstić information content (AvgIpc) is 0.977. The first-order chi connectivity index (χ1) is 43.6. The summed E-state index contributed by atoms with van der Waals surface area (Å²) >= 11 is 0. The molecule has 89 heavy (non-hydrogen) atoms. The molecule has 2 heterocycles. The van der Waals surface area contributed by atoms with Crippen LogP contribution in [0.4, 0.5) is 0 Å². The Morgan fingerprint density at radius 1 is 0.449 bits per heavy atom. The maximum Gasteiger partial charge on any atom is 0.343 e. The van der Waals surface area contributed by atoms with Crippen molar-refractivity contribution in [2.24, 2.45) is 0 Å². The highest BCUT2D eigenvalue weighted by atomic mass is 16.7. The molecule has 452 valence electrons. The van der Waals surface area contributed by atoms with E-state index in [2.05, 4.69) is 23.7 Å². The van der Waals surface area contributed by atoms with Crippen LogP contribution >= 0.6 is 0 Å². The largest absolute Gasteiger partial charge is 0.497 e. The van der Waals surface area contributed by atoms with Crippen LogP contribution in [0.2, 0.25) is 0 Å². The molecule has 2 saturated heterocycles. The van der Waals surface area contributed by atoms with Gasteiger partial charge in [0.05, 0.1) is 82.7 Å². The second-order valence-electron chi connectivity index (χ2n) is 20.4. The first kappa shape index (κ1) is 62.2. The second kappa shape index (κ2) is 30.7. The van der Waals surface area contributed by atoms with Crippen molar-refractivity contribution in [1.82, 2.24) is 0 Å². The predicted octanol–water partition coefficient (Wildman–Crippen LogP) is 11.9. The number of aliphatic hydroxyl groups is 1. The molecule has 0 aliphatic carbocycles. The fraction of sp³-hybridized carbons (Fsp3) is 0.233. The van der Waals surface area contributed by atoms with Crippen LogP contribution in [0.25, 0.3) is 0 Å². The monoisotopic (exact) mass is 1200 g/mol. The molecule has 2 aliphatic heterocycles. The minimum atomic E-state index is -1.11. The number of ether oxygens (including phenoxy) is 11. The van der Waals surface area contributed by atoms with Crippen molar-refractivity contribution in [2.75, 3.05) is 67.1 Å². The summed E-state index contributed by atoms with van der Waals surface area (Å²) in [5.41, 5.74) is 4.25. The molecule has 0 aromatic heterocycles. The number of rotatable bonds is 21. The van der Waals surface area contributed by atoms with Crippen molar-refractivity contribution < 1.29 is 76.4 Å². The molecule has 16 nitrogen and oxygen atoms in total. The van der Waals surface area contributed by atoms with E-state index < -0.39 is 42.1 Å². The lowest BCUT2D eigenvalue weighted by molar-refractivity contribution is -0.183. The van der Waals surface area contributed by atoms with Crippen LogP contribution in [0.5, 0.6) is 23.0 Å². The lowest BCUT2D eigenvalue weighted by atomic mass is 9.80. The van der Waals surface area contributed by atoms with Gasteiger partial charge in [-0.15, -0.1) is 0 Å². The van der Waals surface area contributed by atoms with E-state index >= 15 is 0 Å². The van der Waals surface area contributed by atoms with Gasteiger partial charge >= 0.3 is 23.9 Å². The molecular formula is C73H64O16. The molecule has 0 saturated carbocycles. The lowest BCUT2D eigenvalue weighted by Gasteiger charge is -2.36. The lowest BCUT2D eigenvalue weighted by Crippen LogP contribution is -2.33. The summed E-state index contributed by atoms with van der Waals surface area (Å²) in [7, 11) is 3.23. The van der Waals surface area contributed by atoms with E-state index in [1.165, 1.54) is 12.1 Å². The number of hydrogen-bond acceptors (Lipinski definition) is 16. The number of hydrogen-bond donors (Lipinski definition) is 1. The fourth-order valence-electron chi connectivity index (χ4n) is 9.95. The molecule has 0 spiro atoms. The third kappa shape index (κ3) is 15.6. The van der Waals surface area contributed by atoms with E-state index in [4.69, 9.17) is 52.1 Å². The Bertz CT molecular complexity index is 3790. The quantitative estimate of drug-likeness (QED) is 0.0235. The standard InChI is InChI=1S/C73H64O16/c1-79-59-34-30-57(31-35-59)73(56-20-10-5-11-21-56,58-32-36-60(80-2)37-33-58)87-45-15-40-82-70(78)62-47-53(49-64(72-85-43-14-44-86-72)66(62)89-68(76)55-18-8-4-9-19-55)29-27-51-24-22-50(23-25-51)26-28-52-46-61(69(77)81-39-12-38-74)65(63(48-52)71-83-41-13-42-84-71)88-67(75)54-16-6-3-7-17-54/h3-11,16-25,30-37,46-49,71-72,74H,12-15,38-45H2,1-2H3. The van der Waals surface area contributed by atoms with Crippen LogP contribution in [0.1, 0.15) is 130 Å². The maximum absolute atomic E-state index is 14.6. The smallest absolute Gasteiger partial charge is 0.343 e. The Kier molecular flexibility index (Phi) is 21.4. The molecule has 16 heteroatoms. The van der Waals surface area contributed by atoms with Gasteiger partial charge in [-0.3, -0.25) is 0 Å². The molecule has 2 aliphatic rings. The molecule has 2 fully saturated rings. The topological polar surface area (TPSA) is 190 Å². The van der Waals surface area contributed by atoms with Crippen LogP contribution in [0.3, 0.4) is 0 Å². The van der Waals surface area contributed by atoms with Crippen LogP contribution in [0.15, 0.2) is 188 Å². The summed E-state index contributed by atoms with van der Waals surface area (Å²) in [5, 5.41) is 9.41. The van der Waals surface area contributed by atoms with Crippen molar-refractivity contribution in [1.29, 1.82) is 0 Å². The number of benzene rings is 8. The zero-order valence-electron chi connectivity index (χ0n) is 49.1. The number of aliphatic hydroxyl groups excluding tert-OH is 1. The Labute approximate surface area is 516 Å². The van der Waals surface area contributed by atoms with Crippen molar-refractivity contribution in [2.45, 2.75) is 43.9 Å². The summed E-state index contributed by atoms with van der Waals surface area (Å²) in [4.78, 5) is 55.7. The van der Waals surface area contributed by atoms with Gasteiger partial charge in [-0.25, -0.2) is 19.2 Å². The second-order valence-corrected chi connectivity index (χ2v) is 20.4. The third-order valence-corrected chi connectivity index (χ3v) is 14.4. The SMILES string of the molecule is COc1ccc(C(OCCCOC(=O)c2cc(C#Cc3ccc(C#Cc4cc(C(=O)OCCCO)c(OC(=O)c5ccccc5)c(C5OCCCO5)c4)cc3)cc(C3OCCCO3)c2OC(=O)c2ccccc2)(c2ccccc2)c2ccc(OC)cc2)cc1. The minimum absolute atomic E-state index is 0.0794. The third-order valence-electron chi connectivity index (χ3n) is 14.4. The van der Waals surface area contributed by atoms with Gasteiger partial charge in [-0.1, -0.05) is 115 Å². The maximum atomic E-state index is 14.6. The van der Waals surface area contributed by atoms with Crippen LogP contribution in [-0.2, 0) is 38.8 Å².